The van der Waals surface area contributed by atoms with Gasteiger partial charge in [-0.1, -0.05) is 6.92 Å². The second-order valence-corrected chi connectivity index (χ2v) is 5.13. The molecule has 0 aromatic carbocycles. The number of carboxylic acid groups (broad SMARTS) is 1. The van der Waals surface area contributed by atoms with E-state index in [2.05, 4.69) is 18.9 Å². The van der Waals surface area contributed by atoms with Gasteiger partial charge in [0, 0.05) is 12.6 Å². The number of carbonyl (C=O) groups is 1. The molecule has 0 radical (unpaired) electrons. The third kappa shape index (κ3) is 4.10. The Morgan fingerprint density at radius 1 is 1.44 bits per heavy atom. The van der Waals surface area contributed by atoms with Crippen molar-refractivity contribution in [2.24, 2.45) is 11.7 Å². The topological polar surface area (TPSA) is 66.6 Å². The molecule has 0 saturated heterocycles. The van der Waals surface area contributed by atoms with Gasteiger partial charge in [-0.05, 0) is 45.1 Å². The highest BCUT2D eigenvalue weighted by atomic mass is 16.4. The summed E-state index contributed by atoms with van der Waals surface area (Å²) in [5.74, 6) is -0.0448. The number of hydrogen-bond acceptors (Lipinski definition) is 3. The molecule has 16 heavy (non-hydrogen) atoms. The minimum Gasteiger partial charge on any atom is -0.480 e. The predicted molar refractivity (Wildman–Crippen MR) is 64.3 cm³/mol. The third-order valence-electron chi connectivity index (χ3n) is 3.72. The zero-order valence-electron chi connectivity index (χ0n) is 10.4. The van der Waals surface area contributed by atoms with Crippen LogP contribution in [0.1, 0.15) is 39.0 Å². The minimum absolute atomic E-state index is 0.540. The number of carboxylic acids is 1. The third-order valence-corrected chi connectivity index (χ3v) is 3.72. The molecule has 0 aromatic heterocycles. The molecule has 1 saturated carbocycles. The van der Waals surface area contributed by atoms with Crippen molar-refractivity contribution in [3.8, 4) is 0 Å². The van der Waals surface area contributed by atoms with Crippen molar-refractivity contribution in [1.29, 1.82) is 0 Å². The van der Waals surface area contributed by atoms with Gasteiger partial charge in [-0.3, -0.25) is 4.79 Å². The lowest BCUT2D eigenvalue weighted by atomic mass is 9.86. The van der Waals surface area contributed by atoms with Gasteiger partial charge in [0.25, 0.3) is 0 Å². The number of nitrogens with zero attached hydrogens (tertiary/aromatic N) is 1. The fourth-order valence-corrected chi connectivity index (χ4v) is 2.33. The summed E-state index contributed by atoms with van der Waals surface area (Å²) in [6, 6.07) is -0.0952. The second-order valence-electron chi connectivity index (χ2n) is 5.13. The van der Waals surface area contributed by atoms with Crippen molar-refractivity contribution < 1.29 is 9.90 Å². The van der Waals surface area contributed by atoms with Crippen molar-refractivity contribution in [3.63, 3.8) is 0 Å². The molecule has 1 unspecified atom stereocenters. The van der Waals surface area contributed by atoms with Crippen molar-refractivity contribution in [2.75, 3.05) is 13.6 Å². The monoisotopic (exact) mass is 228 g/mol. The Bertz CT molecular complexity index is 225. The van der Waals surface area contributed by atoms with Crippen LogP contribution in [0.2, 0.25) is 0 Å². The summed E-state index contributed by atoms with van der Waals surface area (Å²) in [5.41, 5.74) is 5.49. The van der Waals surface area contributed by atoms with Gasteiger partial charge in [0.1, 0.15) is 6.04 Å². The number of aliphatic carboxylic acids is 1. The Morgan fingerprint density at radius 3 is 2.50 bits per heavy atom. The van der Waals surface area contributed by atoms with E-state index in [4.69, 9.17) is 10.8 Å². The molecular formula is C12H24N2O2. The highest BCUT2D eigenvalue weighted by molar-refractivity contribution is 5.72. The fraction of sp³-hybridized carbons (Fsp3) is 0.917. The average Bonchev–Trinajstić information content (AvgIpc) is 2.26. The van der Waals surface area contributed by atoms with Crippen LogP contribution in [0, 0.1) is 5.92 Å². The molecule has 0 bridgehead atoms. The zero-order valence-corrected chi connectivity index (χ0v) is 10.4. The highest BCUT2D eigenvalue weighted by Crippen LogP contribution is 2.26. The molecule has 0 amide bonds. The Hall–Kier alpha value is -0.610. The molecule has 0 spiro atoms. The maximum absolute atomic E-state index is 10.6. The zero-order chi connectivity index (χ0) is 12.1. The van der Waals surface area contributed by atoms with Crippen molar-refractivity contribution >= 4 is 5.97 Å². The van der Waals surface area contributed by atoms with E-state index >= 15 is 0 Å². The van der Waals surface area contributed by atoms with E-state index in [0.29, 0.717) is 12.5 Å². The number of rotatable bonds is 5. The van der Waals surface area contributed by atoms with Crippen molar-refractivity contribution in [1.82, 2.24) is 4.90 Å². The van der Waals surface area contributed by atoms with Crippen LogP contribution in [0.3, 0.4) is 0 Å². The van der Waals surface area contributed by atoms with Crippen molar-refractivity contribution in [3.05, 3.63) is 0 Å². The standard InChI is InChI=1S/C12H24N2O2/c1-9-3-5-10(6-4-9)14(2)8-7-11(13)12(15)16/h9-11H,3-8,13H2,1-2H3,(H,15,16). The molecule has 4 nitrogen and oxygen atoms in total. The van der Waals surface area contributed by atoms with Crippen LogP contribution in [0.15, 0.2) is 0 Å². The van der Waals surface area contributed by atoms with Crippen LogP contribution in [-0.4, -0.2) is 41.7 Å². The van der Waals surface area contributed by atoms with E-state index in [1.165, 1.54) is 25.7 Å². The quantitative estimate of drug-likeness (QED) is 0.744. The first-order valence-corrected chi connectivity index (χ1v) is 6.19. The molecule has 1 aliphatic rings. The van der Waals surface area contributed by atoms with Gasteiger partial charge in [0.15, 0.2) is 0 Å². The first-order chi connectivity index (χ1) is 7.50. The van der Waals surface area contributed by atoms with Gasteiger partial charge in [-0.15, -0.1) is 0 Å². The maximum atomic E-state index is 10.6. The molecule has 0 aliphatic heterocycles. The molecule has 3 N–H and O–H groups in total. The summed E-state index contributed by atoms with van der Waals surface area (Å²) >= 11 is 0. The van der Waals surface area contributed by atoms with Crippen LogP contribution >= 0.6 is 0 Å². The van der Waals surface area contributed by atoms with E-state index in [9.17, 15) is 4.79 Å². The largest absolute Gasteiger partial charge is 0.480 e. The Labute approximate surface area is 97.8 Å². The Kier molecular flexibility index (Phi) is 5.22. The van der Waals surface area contributed by atoms with E-state index < -0.39 is 12.0 Å². The summed E-state index contributed by atoms with van der Waals surface area (Å²) < 4.78 is 0. The van der Waals surface area contributed by atoms with Gasteiger partial charge in [0.2, 0.25) is 0 Å². The predicted octanol–water partition coefficient (Wildman–Crippen LogP) is 1.30. The molecule has 1 atom stereocenters. The molecule has 4 heteroatoms. The number of hydrogen-bond donors (Lipinski definition) is 2. The van der Waals surface area contributed by atoms with Gasteiger partial charge < -0.3 is 15.7 Å². The van der Waals surface area contributed by atoms with Crippen molar-refractivity contribution in [2.45, 2.75) is 51.1 Å². The SMILES string of the molecule is CC1CCC(N(C)CCC(N)C(=O)O)CC1. The molecule has 0 aromatic rings. The first kappa shape index (κ1) is 13.5. The van der Waals surface area contributed by atoms with E-state index in [0.717, 1.165) is 12.5 Å². The average molecular weight is 228 g/mol. The van der Waals surface area contributed by atoms with Crippen LogP contribution in [0.5, 0.6) is 0 Å². The molecule has 1 fully saturated rings. The smallest absolute Gasteiger partial charge is 0.320 e. The van der Waals surface area contributed by atoms with Crippen LogP contribution < -0.4 is 5.73 Å². The molecule has 1 aliphatic carbocycles. The van der Waals surface area contributed by atoms with Crippen LogP contribution in [0.25, 0.3) is 0 Å². The minimum atomic E-state index is -0.898. The van der Waals surface area contributed by atoms with Gasteiger partial charge in [-0.2, -0.15) is 0 Å². The molecule has 0 heterocycles. The van der Waals surface area contributed by atoms with Gasteiger partial charge in [-0.25, -0.2) is 0 Å². The van der Waals surface area contributed by atoms with Gasteiger partial charge >= 0.3 is 5.97 Å². The summed E-state index contributed by atoms with van der Waals surface area (Å²) in [6.45, 7) is 3.09. The summed E-state index contributed by atoms with van der Waals surface area (Å²) in [6.07, 6.45) is 5.60. The normalized spacial score (nSPS) is 28.0. The van der Waals surface area contributed by atoms with Crippen LogP contribution in [-0.2, 0) is 4.79 Å². The Balaban J connectivity index is 2.24. The number of nitrogens with two attached hydrogens (primary N) is 1. The lowest BCUT2D eigenvalue weighted by Gasteiger charge is -2.33. The summed E-state index contributed by atoms with van der Waals surface area (Å²) in [7, 11) is 2.08. The lowest BCUT2D eigenvalue weighted by molar-refractivity contribution is -0.138. The van der Waals surface area contributed by atoms with E-state index in [-0.39, 0.29) is 0 Å². The molecule has 1 rings (SSSR count). The highest BCUT2D eigenvalue weighted by Gasteiger charge is 2.22. The van der Waals surface area contributed by atoms with Crippen LogP contribution in [0.4, 0.5) is 0 Å². The second kappa shape index (κ2) is 6.21. The van der Waals surface area contributed by atoms with E-state index in [1.54, 1.807) is 0 Å². The molecular weight excluding hydrogens is 204 g/mol. The maximum Gasteiger partial charge on any atom is 0.320 e. The summed E-state index contributed by atoms with van der Waals surface area (Å²) in [4.78, 5) is 12.9. The van der Waals surface area contributed by atoms with Gasteiger partial charge in [0.05, 0.1) is 0 Å². The fourth-order valence-electron chi connectivity index (χ4n) is 2.33. The Morgan fingerprint density at radius 2 is 2.00 bits per heavy atom. The summed E-state index contributed by atoms with van der Waals surface area (Å²) in [5, 5.41) is 8.70. The van der Waals surface area contributed by atoms with E-state index in [1.807, 2.05) is 0 Å². The lowest BCUT2D eigenvalue weighted by Crippen LogP contribution is -2.39. The molecule has 94 valence electrons. The first-order valence-electron chi connectivity index (χ1n) is 6.19.